The second kappa shape index (κ2) is 5.59. The number of aromatic nitrogens is 2. The van der Waals surface area contributed by atoms with Crippen LogP contribution >= 0.6 is 0 Å². The van der Waals surface area contributed by atoms with Crippen LogP contribution in [0.1, 0.15) is 29.8 Å². The van der Waals surface area contributed by atoms with Gasteiger partial charge < -0.3 is 5.32 Å². The van der Waals surface area contributed by atoms with Crippen molar-refractivity contribution in [1.29, 1.82) is 0 Å². The quantitative estimate of drug-likeness (QED) is 0.845. The summed E-state index contributed by atoms with van der Waals surface area (Å²) in [6, 6.07) is 2.68. The maximum Gasteiger partial charge on any atom is 0.277 e. The van der Waals surface area contributed by atoms with Gasteiger partial charge in [-0.2, -0.15) is 5.10 Å². The summed E-state index contributed by atoms with van der Waals surface area (Å²) in [4.78, 5) is 27.4. The number of aliphatic imine (C=N–C) groups is 1. The summed E-state index contributed by atoms with van der Waals surface area (Å²) in [6.07, 6.45) is 4.21. The van der Waals surface area contributed by atoms with E-state index in [1.807, 2.05) is 0 Å². The van der Waals surface area contributed by atoms with Crippen molar-refractivity contribution in [3.63, 3.8) is 0 Å². The Labute approximate surface area is 120 Å². The van der Waals surface area contributed by atoms with E-state index in [4.69, 9.17) is 0 Å². The molecule has 1 unspecified atom stereocenters. The molecule has 21 heavy (non-hydrogen) atoms. The number of rotatable bonds is 3. The van der Waals surface area contributed by atoms with Crippen molar-refractivity contribution in [2.24, 2.45) is 10.9 Å². The van der Waals surface area contributed by atoms with Crippen LogP contribution in [0.5, 0.6) is 0 Å². The number of nitrogens with one attached hydrogen (secondary N) is 1. The Morgan fingerprint density at radius 2 is 2.24 bits per heavy atom. The molecule has 0 spiro atoms. The molecule has 1 saturated carbocycles. The van der Waals surface area contributed by atoms with Crippen LogP contribution in [0.3, 0.4) is 0 Å². The number of hydrogen-bond acceptors (Lipinski definition) is 4. The average molecular weight is 290 g/mol. The maximum absolute atomic E-state index is 13.1. The minimum absolute atomic E-state index is 0.118. The van der Waals surface area contributed by atoms with Crippen molar-refractivity contribution < 1.29 is 9.18 Å². The van der Waals surface area contributed by atoms with Gasteiger partial charge in [-0.25, -0.2) is 14.1 Å². The van der Waals surface area contributed by atoms with Gasteiger partial charge in [0.2, 0.25) is 0 Å². The van der Waals surface area contributed by atoms with Gasteiger partial charge in [0.1, 0.15) is 11.5 Å². The molecule has 1 atom stereocenters. The van der Waals surface area contributed by atoms with Crippen LogP contribution in [-0.2, 0) is 6.54 Å². The fourth-order valence-corrected chi connectivity index (χ4v) is 2.04. The van der Waals surface area contributed by atoms with E-state index >= 15 is 0 Å². The first kappa shape index (κ1) is 13.7. The Morgan fingerprint density at radius 1 is 1.43 bits per heavy atom. The molecule has 1 N–H and O–H groups in total. The third-order valence-electron chi connectivity index (χ3n) is 3.35. The van der Waals surface area contributed by atoms with Gasteiger partial charge in [0.05, 0.1) is 0 Å². The lowest BCUT2D eigenvalue weighted by atomic mass is 10.3. The molecule has 2 heterocycles. The first-order chi connectivity index (χ1) is 10.1. The SMILES string of the molecule is O=C(NC1=NC(F)CC=C1)c1ccc(=O)n(CC2CC2)n1. The van der Waals surface area contributed by atoms with Crippen LogP contribution < -0.4 is 10.9 Å². The Hall–Kier alpha value is -2.31. The maximum atomic E-state index is 13.1. The average Bonchev–Trinajstić information content (AvgIpc) is 3.25. The molecule has 2 aliphatic rings. The molecule has 3 rings (SSSR count). The Morgan fingerprint density at radius 3 is 2.95 bits per heavy atom. The molecule has 7 heteroatoms. The highest BCUT2D eigenvalue weighted by Gasteiger charge is 2.23. The summed E-state index contributed by atoms with van der Waals surface area (Å²) < 4.78 is 14.4. The van der Waals surface area contributed by atoms with E-state index in [1.54, 1.807) is 12.2 Å². The minimum atomic E-state index is -1.33. The van der Waals surface area contributed by atoms with Gasteiger partial charge in [-0.05, 0) is 30.9 Å². The summed E-state index contributed by atoms with van der Waals surface area (Å²) in [5.74, 6) is 0.143. The number of dihydropyridines is 1. The van der Waals surface area contributed by atoms with E-state index in [2.05, 4.69) is 15.4 Å². The number of carbonyl (C=O) groups is 1. The van der Waals surface area contributed by atoms with Crippen molar-refractivity contribution in [2.45, 2.75) is 32.1 Å². The van der Waals surface area contributed by atoms with Gasteiger partial charge in [-0.3, -0.25) is 9.59 Å². The van der Waals surface area contributed by atoms with Crippen molar-refractivity contribution in [3.8, 4) is 0 Å². The molecule has 1 fully saturated rings. The van der Waals surface area contributed by atoms with Gasteiger partial charge in [0, 0.05) is 19.0 Å². The third kappa shape index (κ3) is 3.42. The zero-order valence-electron chi connectivity index (χ0n) is 11.3. The van der Waals surface area contributed by atoms with Gasteiger partial charge in [0.15, 0.2) is 6.30 Å². The third-order valence-corrected chi connectivity index (χ3v) is 3.35. The zero-order chi connectivity index (χ0) is 14.8. The molecule has 110 valence electrons. The van der Waals surface area contributed by atoms with Gasteiger partial charge in [0.25, 0.3) is 11.5 Å². The van der Waals surface area contributed by atoms with Gasteiger partial charge in [-0.1, -0.05) is 6.08 Å². The number of carbonyl (C=O) groups excluding carboxylic acids is 1. The molecule has 0 saturated heterocycles. The molecule has 6 nitrogen and oxygen atoms in total. The van der Waals surface area contributed by atoms with Gasteiger partial charge in [-0.15, -0.1) is 0 Å². The second-order valence-corrected chi connectivity index (χ2v) is 5.22. The first-order valence-electron chi connectivity index (χ1n) is 6.90. The molecule has 1 amide bonds. The van der Waals surface area contributed by atoms with Crippen LogP contribution in [0.2, 0.25) is 0 Å². The predicted octanol–water partition coefficient (Wildman–Crippen LogP) is 1.04. The fraction of sp³-hybridized carbons (Fsp3) is 0.429. The van der Waals surface area contributed by atoms with Crippen LogP contribution in [0, 0.1) is 5.92 Å². The molecule has 0 aromatic carbocycles. The second-order valence-electron chi connectivity index (χ2n) is 5.22. The summed E-state index contributed by atoms with van der Waals surface area (Å²) in [7, 11) is 0. The van der Waals surface area contributed by atoms with E-state index in [0.29, 0.717) is 12.5 Å². The molecule has 1 aromatic heterocycles. The number of amidine groups is 1. The monoisotopic (exact) mass is 290 g/mol. The summed E-state index contributed by atoms with van der Waals surface area (Å²) >= 11 is 0. The lowest BCUT2D eigenvalue weighted by Gasteiger charge is -2.11. The largest absolute Gasteiger partial charge is 0.305 e. The van der Waals surface area contributed by atoms with Crippen LogP contribution in [0.15, 0.2) is 34.1 Å². The molecular weight excluding hydrogens is 275 g/mol. The topological polar surface area (TPSA) is 76.3 Å². The highest BCUT2D eigenvalue weighted by atomic mass is 19.1. The van der Waals surface area contributed by atoms with E-state index in [1.165, 1.54) is 16.8 Å². The standard InChI is InChI=1S/C14H15FN4O2/c15-11-2-1-3-12(16-11)17-14(21)10-6-7-13(20)19(18-10)8-9-4-5-9/h1,3,6-7,9,11H,2,4-5,8H2,(H,16,17,21). The number of halogens is 1. The summed E-state index contributed by atoms with van der Waals surface area (Å²) in [5.41, 5.74) is -0.107. The molecular formula is C14H15FN4O2. The molecule has 1 aliphatic heterocycles. The summed E-state index contributed by atoms with van der Waals surface area (Å²) in [6.45, 7) is 0.535. The highest BCUT2D eigenvalue weighted by molar-refractivity contribution is 6.09. The van der Waals surface area contributed by atoms with Crippen molar-refractivity contribution >= 4 is 11.7 Å². The molecule has 0 radical (unpaired) electrons. The van der Waals surface area contributed by atoms with E-state index < -0.39 is 12.2 Å². The number of hydrogen-bond donors (Lipinski definition) is 1. The Bertz CT molecular complexity index is 676. The smallest absolute Gasteiger partial charge is 0.277 e. The lowest BCUT2D eigenvalue weighted by Crippen LogP contribution is -2.34. The number of amides is 1. The predicted molar refractivity (Wildman–Crippen MR) is 74.8 cm³/mol. The number of alkyl halides is 1. The van der Waals surface area contributed by atoms with Crippen molar-refractivity contribution in [2.75, 3.05) is 0 Å². The van der Waals surface area contributed by atoms with Crippen molar-refractivity contribution in [3.05, 3.63) is 40.3 Å². The fourth-order valence-electron chi connectivity index (χ4n) is 2.04. The van der Waals surface area contributed by atoms with E-state index in [0.717, 1.165) is 12.8 Å². The van der Waals surface area contributed by atoms with Crippen LogP contribution in [0.4, 0.5) is 4.39 Å². The highest BCUT2D eigenvalue weighted by Crippen LogP contribution is 2.29. The molecule has 0 bridgehead atoms. The van der Waals surface area contributed by atoms with Crippen LogP contribution in [0.25, 0.3) is 0 Å². The number of nitrogens with zero attached hydrogens (tertiary/aromatic N) is 3. The van der Waals surface area contributed by atoms with Gasteiger partial charge >= 0.3 is 0 Å². The Kier molecular flexibility index (Phi) is 3.64. The molecule has 1 aliphatic carbocycles. The summed E-state index contributed by atoms with van der Waals surface area (Å²) in [5, 5.41) is 6.54. The van der Waals surface area contributed by atoms with Crippen LogP contribution in [-0.4, -0.2) is 27.8 Å². The first-order valence-corrected chi connectivity index (χ1v) is 6.90. The van der Waals surface area contributed by atoms with E-state index in [9.17, 15) is 14.0 Å². The van der Waals surface area contributed by atoms with E-state index in [-0.39, 0.29) is 23.5 Å². The lowest BCUT2D eigenvalue weighted by molar-refractivity contribution is 0.0969. The van der Waals surface area contributed by atoms with Crippen molar-refractivity contribution in [1.82, 2.24) is 15.1 Å². The Balaban J connectivity index is 1.75. The zero-order valence-corrected chi connectivity index (χ0v) is 11.3. The minimum Gasteiger partial charge on any atom is -0.305 e. The molecule has 1 aromatic rings. The normalized spacial score (nSPS) is 21.0.